The van der Waals surface area contributed by atoms with Crippen molar-refractivity contribution in [3.05, 3.63) is 71.9 Å². The fourth-order valence-corrected chi connectivity index (χ4v) is 3.36. The highest BCUT2D eigenvalue weighted by Gasteiger charge is 2.18. The van der Waals surface area contributed by atoms with Crippen molar-refractivity contribution >= 4 is 16.9 Å². The Kier molecular flexibility index (Phi) is 5.52. The normalized spacial score (nSPS) is 11.0. The summed E-state index contributed by atoms with van der Waals surface area (Å²) in [5.41, 5.74) is 3.16. The minimum atomic E-state index is -0.273. The van der Waals surface area contributed by atoms with Crippen LogP contribution in [0.15, 0.2) is 59.0 Å². The third-order valence-electron chi connectivity index (χ3n) is 5.00. The maximum Gasteiger partial charge on any atom is 0.289 e. The highest BCUT2D eigenvalue weighted by Crippen LogP contribution is 2.29. The van der Waals surface area contributed by atoms with Crippen LogP contribution in [0.2, 0.25) is 0 Å². The van der Waals surface area contributed by atoms with Gasteiger partial charge in [0.05, 0.1) is 12.8 Å². The summed E-state index contributed by atoms with van der Waals surface area (Å²) in [7, 11) is 3.32. The van der Waals surface area contributed by atoms with Crippen LogP contribution in [-0.2, 0) is 6.42 Å². The van der Waals surface area contributed by atoms with Crippen molar-refractivity contribution in [3.8, 4) is 17.0 Å². The number of H-pyrrole nitrogens is 1. The maximum absolute atomic E-state index is 13.1. The lowest BCUT2D eigenvalue weighted by Crippen LogP contribution is -2.27. The molecule has 0 atom stereocenters. The third-order valence-corrected chi connectivity index (χ3v) is 5.00. The smallest absolute Gasteiger partial charge is 0.289 e. The van der Waals surface area contributed by atoms with Crippen molar-refractivity contribution in [2.24, 2.45) is 0 Å². The Morgan fingerprint density at radius 3 is 2.77 bits per heavy atom. The average Bonchev–Trinajstić information content (AvgIpc) is 3.40. The van der Waals surface area contributed by atoms with Crippen LogP contribution in [0.3, 0.4) is 0 Å². The van der Waals surface area contributed by atoms with Crippen LogP contribution in [0.4, 0.5) is 4.39 Å². The molecular weight excluding hydrogens is 385 g/mol. The van der Waals surface area contributed by atoms with Crippen molar-refractivity contribution in [2.45, 2.75) is 12.8 Å². The Bertz CT molecular complexity index is 1160. The van der Waals surface area contributed by atoms with Crippen LogP contribution in [0.25, 0.3) is 22.2 Å². The molecule has 0 saturated heterocycles. The van der Waals surface area contributed by atoms with E-state index in [9.17, 15) is 9.18 Å². The van der Waals surface area contributed by atoms with E-state index in [4.69, 9.17) is 9.15 Å². The zero-order valence-electron chi connectivity index (χ0n) is 16.8. The van der Waals surface area contributed by atoms with Crippen molar-refractivity contribution < 1.29 is 18.3 Å². The van der Waals surface area contributed by atoms with Gasteiger partial charge < -0.3 is 14.1 Å². The molecule has 0 unspecified atom stereocenters. The SMILES string of the molecule is COc1cccc2cc(C(=O)N(C)CCCc3cc(-c4ccc(F)cc4)n[nH]3)oc12. The molecule has 0 spiro atoms. The average molecular weight is 407 g/mol. The molecule has 2 heterocycles. The van der Waals surface area contributed by atoms with Crippen molar-refractivity contribution in [1.29, 1.82) is 0 Å². The monoisotopic (exact) mass is 407 g/mol. The van der Waals surface area contributed by atoms with E-state index >= 15 is 0 Å². The van der Waals surface area contributed by atoms with Crippen molar-refractivity contribution in [1.82, 2.24) is 15.1 Å². The van der Waals surface area contributed by atoms with Crippen LogP contribution in [-0.4, -0.2) is 41.7 Å². The van der Waals surface area contributed by atoms with E-state index in [1.165, 1.54) is 12.1 Å². The summed E-state index contributed by atoms with van der Waals surface area (Å²) in [4.78, 5) is 14.4. The van der Waals surface area contributed by atoms with E-state index in [0.717, 1.165) is 35.2 Å². The van der Waals surface area contributed by atoms with Gasteiger partial charge in [0.15, 0.2) is 17.1 Å². The Morgan fingerprint density at radius 1 is 1.20 bits per heavy atom. The van der Waals surface area contributed by atoms with Gasteiger partial charge in [0.25, 0.3) is 5.91 Å². The summed E-state index contributed by atoms with van der Waals surface area (Å²) in [5.74, 6) is 0.442. The van der Waals surface area contributed by atoms with Crippen LogP contribution in [0, 0.1) is 5.82 Å². The predicted molar refractivity (Wildman–Crippen MR) is 112 cm³/mol. The number of halogens is 1. The molecule has 0 aliphatic carbocycles. The lowest BCUT2D eigenvalue weighted by Gasteiger charge is -2.15. The minimum absolute atomic E-state index is 0.176. The number of fused-ring (bicyclic) bond motifs is 1. The lowest BCUT2D eigenvalue weighted by molar-refractivity contribution is 0.0764. The van der Waals surface area contributed by atoms with E-state index in [1.54, 1.807) is 43.3 Å². The molecule has 0 aliphatic heterocycles. The molecule has 0 radical (unpaired) electrons. The van der Waals surface area contributed by atoms with Gasteiger partial charge in [-0.15, -0.1) is 0 Å². The second-order valence-electron chi connectivity index (χ2n) is 7.10. The molecule has 30 heavy (non-hydrogen) atoms. The molecule has 2 aromatic heterocycles. The summed E-state index contributed by atoms with van der Waals surface area (Å²) >= 11 is 0. The second-order valence-corrected chi connectivity index (χ2v) is 7.10. The number of carbonyl (C=O) groups excluding carboxylic acids is 1. The van der Waals surface area contributed by atoms with Gasteiger partial charge in [-0.3, -0.25) is 9.89 Å². The molecule has 7 heteroatoms. The van der Waals surface area contributed by atoms with Crippen molar-refractivity contribution in [3.63, 3.8) is 0 Å². The number of aryl methyl sites for hydroxylation is 1. The van der Waals surface area contributed by atoms with Gasteiger partial charge in [0, 0.05) is 30.2 Å². The van der Waals surface area contributed by atoms with Gasteiger partial charge in [0.1, 0.15) is 5.82 Å². The number of aromatic amines is 1. The number of aromatic nitrogens is 2. The fourth-order valence-electron chi connectivity index (χ4n) is 3.36. The fraction of sp³-hybridized carbons (Fsp3) is 0.217. The number of benzene rings is 2. The molecular formula is C23H22FN3O3. The first-order valence-electron chi connectivity index (χ1n) is 9.67. The molecule has 0 bridgehead atoms. The molecule has 4 aromatic rings. The molecule has 0 fully saturated rings. The van der Waals surface area contributed by atoms with Gasteiger partial charge in [-0.05, 0) is 55.3 Å². The molecule has 6 nitrogen and oxygen atoms in total. The van der Waals surface area contributed by atoms with E-state index in [1.807, 2.05) is 18.2 Å². The summed E-state index contributed by atoms with van der Waals surface area (Å²) in [6.45, 7) is 0.567. The first-order chi connectivity index (χ1) is 14.5. The first kappa shape index (κ1) is 19.7. The number of hydrogen-bond donors (Lipinski definition) is 1. The molecule has 1 amide bonds. The Morgan fingerprint density at radius 2 is 2.00 bits per heavy atom. The summed E-state index contributed by atoms with van der Waals surface area (Å²) < 4.78 is 24.1. The topological polar surface area (TPSA) is 71.4 Å². The Hall–Kier alpha value is -3.61. The van der Waals surface area contributed by atoms with E-state index < -0.39 is 0 Å². The minimum Gasteiger partial charge on any atom is -0.493 e. The van der Waals surface area contributed by atoms with E-state index in [-0.39, 0.29) is 17.5 Å². The summed E-state index contributed by atoms with van der Waals surface area (Å²) in [6.07, 6.45) is 1.50. The van der Waals surface area contributed by atoms with Crippen LogP contribution in [0.1, 0.15) is 22.7 Å². The Labute approximate surface area is 173 Å². The molecule has 4 rings (SSSR count). The standard InChI is InChI=1S/C23H22FN3O3/c1-27(23(28)21-13-16-5-3-7-20(29-2)22(16)30-21)12-4-6-18-14-19(26-25-18)15-8-10-17(24)11-9-15/h3,5,7-11,13-14H,4,6,12H2,1-2H3,(H,25,26). The van der Waals surface area contributed by atoms with Gasteiger partial charge in [-0.25, -0.2) is 4.39 Å². The number of rotatable bonds is 7. The van der Waals surface area contributed by atoms with E-state index in [0.29, 0.717) is 17.9 Å². The number of nitrogens with one attached hydrogen (secondary N) is 1. The quantitative estimate of drug-likeness (QED) is 0.483. The van der Waals surface area contributed by atoms with Gasteiger partial charge >= 0.3 is 0 Å². The maximum atomic E-state index is 13.1. The molecule has 2 aromatic carbocycles. The number of ether oxygens (including phenoxy) is 1. The number of hydrogen-bond acceptors (Lipinski definition) is 4. The van der Waals surface area contributed by atoms with Crippen LogP contribution >= 0.6 is 0 Å². The number of amides is 1. The predicted octanol–water partition coefficient (Wildman–Crippen LogP) is 4.68. The molecule has 1 N–H and O–H groups in total. The molecule has 154 valence electrons. The third kappa shape index (κ3) is 4.05. The first-order valence-corrected chi connectivity index (χ1v) is 9.67. The Balaban J connectivity index is 1.35. The highest BCUT2D eigenvalue weighted by atomic mass is 19.1. The summed E-state index contributed by atoms with van der Waals surface area (Å²) in [6, 6.07) is 15.5. The highest BCUT2D eigenvalue weighted by molar-refractivity contribution is 5.97. The van der Waals surface area contributed by atoms with Gasteiger partial charge in [-0.1, -0.05) is 12.1 Å². The van der Waals surface area contributed by atoms with Gasteiger partial charge in [0.2, 0.25) is 0 Å². The van der Waals surface area contributed by atoms with Crippen LogP contribution in [0.5, 0.6) is 5.75 Å². The largest absolute Gasteiger partial charge is 0.493 e. The lowest BCUT2D eigenvalue weighted by atomic mass is 10.1. The van der Waals surface area contributed by atoms with E-state index in [2.05, 4.69) is 10.2 Å². The number of furan rings is 1. The number of nitrogens with zero attached hydrogens (tertiary/aromatic N) is 2. The number of methoxy groups -OCH3 is 1. The second kappa shape index (κ2) is 8.41. The van der Waals surface area contributed by atoms with Crippen molar-refractivity contribution in [2.75, 3.05) is 20.7 Å². The summed E-state index contributed by atoms with van der Waals surface area (Å²) in [5, 5.41) is 8.12. The van der Waals surface area contributed by atoms with Crippen LogP contribution < -0.4 is 4.74 Å². The molecule has 0 saturated carbocycles. The number of carbonyl (C=O) groups is 1. The zero-order chi connectivity index (χ0) is 21.1. The van der Waals surface area contributed by atoms with Gasteiger partial charge in [-0.2, -0.15) is 5.10 Å². The number of para-hydroxylation sites is 1. The zero-order valence-corrected chi connectivity index (χ0v) is 16.8. The molecule has 0 aliphatic rings.